The van der Waals surface area contributed by atoms with E-state index in [2.05, 4.69) is 11.9 Å². The lowest BCUT2D eigenvalue weighted by atomic mass is 10.0. The fraction of sp³-hybridized carbons (Fsp3) is 0.625. The summed E-state index contributed by atoms with van der Waals surface area (Å²) < 4.78 is 0. The van der Waals surface area contributed by atoms with Crippen molar-refractivity contribution in [3.05, 3.63) is 34.9 Å². The van der Waals surface area contributed by atoms with Crippen molar-refractivity contribution < 1.29 is 5.11 Å². The van der Waals surface area contributed by atoms with Gasteiger partial charge in [-0.05, 0) is 44.5 Å². The van der Waals surface area contributed by atoms with Gasteiger partial charge in [-0.15, -0.1) is 0 Å². The molecule has 0 aliphatic heterocycles. The van der Waals surface area contributed by atoms with Crippen molar-refractivity contribution >= 4 is 11.6 Å². The number of benzene rings is 1. The zero-order valence-electron chi connectivity index (χ0n) is 12.2. The maximum absolute atomic E-state index is 10.4. The minimum atomic E-state index is -0.483. The second-order valence-electron chi connectivity index (χ2n) is 6.09. The fourth-order valence-electron chi connectivity index (χ4n) is 3.06. The van der Waals surface area contributed by atoms with Crippen molar-refractivity contribution in [3.63, 3.8) is 0 Å². The molecule has 1 aliphatic carbocycles. The Morgan fingerprint density at radius 2 is 2.00 bits per heavy atom. The molecular formula is C16H25ClN2O. The monoisotopic (exact) mass is 296 g/mol. The summed E-state index contributed by atoms with van der Waals surface area (Å²) in [5.74, 6) is 0. The lowest BCUT2D eigenvalue weighted by Crippen LogP contribution is -2.40. The quantitative estimate of drug-likeness (QED) is 0.848. The van der Waals surface area contributed by atoms with Crippen LogP contribution < -0.4 is 5.73 Å². The van der Waals surface area contributed by atoms with Crippen molar-refractivity contribution in [1.82, 2.24) is 4.90 Å². The second-order valence-corrected chi connectivity index (χ2v) is 6.49. The molecule has 1 atom stereocenters. The predicted molar refractivity (Wildman–Crippen MR) is 83.9 cm³/mol. The van der Waals surface area contributed by atoms with Gasteiger partial charge in [0.15, 0.2) is 0 Å². The van der Waals surface area contributed by atoms with Gasteiger partial charge in [-0.25, -0.2) is 0 Å². The van der Waals surface area contributed by atoms with Gasteiger partial charge in [0.2, 0.25) is 0 Å². The molecule has 3 N–H and O–H groups in total. The van der Waals surface area contributed by atoms with Gasteiger partial charge in [0.25, 0.3) is 0 Å². The Labute approximate surface area is 126 Å². The SMILES string of the molecule is CN(CCC(N)c1ccccc1Cl)CC1(O)CCCC1. The molecule has 1 saturated carbocycles. The maximum Gasteiger partial charge on any atom is 0.0774 e. The van der Waals surface area contributed by atoms with Crippen molar-refractivity contribution in [2.24, 2.45) is 5.73 Å². The van der Waals surface area contributed by atoms with Crippen molar-refractivity contribution in [2.45, 2.75) is 43.7 Å². The van der Waals surface area contributed by atoms with Gasteiger partial charge in [-0.1, -0.05) is 42.6 Å². The number of hydrogen-bond donors (Lipinski definition) is 2. The summed E-state index contributed by atoms with van der Waals surface area (Å²) in [6.07, 6.45) is 4.98. The topological polar surface area (TPSA) is 49.5 Å². The molecule has 0 aromatic heterocycles. The summed E-state index contributed by atoms with van der Waals surface area (Å²) in [7, 11) is 2.05. The first-order chi connectivity index (χ1) is 9.50. The molecule has 1 aliphatic rings. The number of hydrogen-bond acceptors (Lipinski definition) is 3. The Kier molecular flexibility index (Phi) is 5.44. The van der Waals surface area contributed by atoms with Gasteiger partial charge in [0.05, 0.1) is 5.60 Å². The summed E-state index contributed by atoms with van der Waals surface area (Å²) in [5, 5.41) is 11.1. The van der Waals surface area contributed by atoms with Crippen LogP contribution in [0.2, 0.25) is 5.02 Å². The molecule has 112 valence electrons. The van der Waals surface area contributed by atoms with Crippen LogP contribution >= 0.6 is 11.6 Å². The van der Waals surface area contributed by atoms with Crippen LogP contribution in [-0.4, -0.2) is 35.7 Å². The molecule has 0 amide bonds. The normalized spacial score (nSPS) is 19.4. The van der Waals surface area contributed by atoms with Gasteiger partial charge >= 0.3 is 0 Å². The zero-order chi connectivity index (χ0) is 14.6. The van der Waals surface area contributed by atoms with Crippen molar-refractivity contribution in [1.29, 1.82) is 0 Å². The number of halogens is 1. The largest absolute Gasteiger partial charge is 0.389 e. The fourth-order valence-corrected chi connectivity index (χ4v) is 3.34. The van der Waals surface area contributed by atoms with Crippen LogP contribution in [0.1, 0.15) is 43.7 Å². The van der Waals surface area contributed by atoms with E-state index in [0.717, 1.165) is 55.8 Å². The molecule has 1 fully saturated rings. The van der Waals surface area contributed by atoms with Crippen molar-refractivity contribution in [2.75, 3.05) is 20.1 Å². The Hall–Kier alpha value is -0.610. The molecule has 2 rings (SSSR count). The first-order valence-electron chi connectivity index (χ1n) is 7.41. The van der Waals surface area contributed by atoms with Crippen LogP contribution in [-0.2, 0) is 0 Å². The van der Waals surface area contributed by atoms with Crippen molar-refractivity contribution in [3.8, 4) is 0 Å². The summed E-state index contributed by atoms with van der Waals surface area (Å²) in [6.45, 7) is 1.61. The van der Waals surface area contributed by atoms with Crippen LogP contribution in [0.15, 0.2) is 24.3 Å². The zero-order valence-corrected chi connectivity index (χ0v) is 12.9. The number of nitrogens with two attached hydrogens (primary N) is 1. The highest BCUT2D eigenvalue weighted by Crippen LogP contribution is 2.30. The van der Waals surface area contributed by atoms with Gasteiger partial charge < -0.3 is 15.7 Å². The molecule has 0 saturated heterocycles. The molecule has 0 radical (unpaired) electrons. The summed E-state index contributed by atoms with van der Waals surface area (Å²) in [4.78, 5) is 2.18. The third kappa shape index (κ3) is 4.19. The third-order valence-electron chi connectivity index (χ3n) is 4.23. The average molecular weight is 297 g/mol. The molecule has 1 unspecified atom stereocenters. The third-order valence-corrected chi connectivity index (χ3v) is 4.57. The minimum Gasteiger partial charge on any atom is -0.389 e. The van der Waals surface area contributed by atoms with E-state index >= 15 is 0 Å². The maximum atomic E-state index is 10.4. The first-order valence-corrected chi connectivity index (χ1v) is 7.79. The lowest BCUT2D eigenvalue weighted by Gasteiger charge is -2.29. The Bertz CT molecular complexity index is 432. The van der Waals surface area contributed by atoms with E-state index in [1.54, 1.807) is 0 Å². The number of rotatable bonds is 6. The highest BCUT2D eigenvalue weighted by Gasteiger charge is 2.32. The van der Waals surface area contributed by atoms with Gasteiger partial charge in [0, 0.05) is 17.6 Å². The van der Waals surface area contributed by atoms with Crippen LogP contribution in [0, 0.1) is 0 Å². The molecule has 0 heterocycles. The molecule has 20 heavy (non-hydrogen) atoms. The molecule has 0 bridgehead atoms. The highest BCUT2D eigenvalue weighted by atomic mass is 35.5. The van der Waals surface area contributed by atoms with E-state index in [9.17, 15) is 5.11 Å². The van der Waals surface area contributed by atoms with E-state index in [1.807, 2.05) is 24.3 Å². The van der Waals surface area contributed by atoms with E-state index in [1.165, 1.54) is 0 Å². The van der Waals surface area contributed by atoms with Crippen LogP contribution in [0.4, 0.5) is 0 Å². The first kappa shape index (κ1) is 15.8. The standard InChI is InChI=1S/C16H25ClN2O/c1-19(12-16(20)9-4-5-10-16)11-8-15(18)13-6-2-3-7-14(13)17/h2-3,6-7,15,20H,4-5,8-12,18H2,1H3. The Morgan fingerprint density at radius 3 is 2.65 bits per heavy atom. The second kappa shape index (κ2) is 6.90. The molecular weight excluding hydrogens is 272 g/mol. The molecule has 1 aromatic carbocycles. The highest BCUT2D eigenvalue weighted by molar-refractivity contribution is 6.31. The summed E-state index contributed by atoms with van der Waals surface area (Å²) in [6, 6.07) is 7.69. The summed E-state index contributed by atoms with van der Waals surface area (Å²) >= 11 is 6.16. The molecule has 0 spiro atoms. The number of aliphatic hydroxyl groups is 1. The summed E-state index contributed by atoms with van der Waals surface area (Å²) in [5.41, 5.74) is 6.73. The van der Waals surface area contributed by atoms with Crippen LogP contribution in [0.3, 0.4) is 0 Å². The van der Waals surface area contributed by atoms with Crippen LogP contribution in [0.5, 0.6) is 0 Å². The smallest absolute Gasteiger partial charge is 0.0774 e. The molecule has 4 heteroatoms. The van der Waals surface area contributed by atoms with E-state index in [4.69, 9.17) is 17.3 Å². The lowest BCUT2D eigenvalue weighted by molar-refractivity contribution is 0.0158. The van der Waals surface area contributed by atoms with E-state index < -0.39 is 5.60 Å². The average Bonchev–Trinajstić information content (AvgIpc) is 2.83. The molecule has 1 aromatic rings. The predicted octanol–water partition coefficient (Wildman–Crippen LogP) is 2.97. The number of nitrogens with zero attached hydrogens (tertiary/aromatic N) is 1. The minimum absolute atomic E-state index is 0.0515. The Morgan fingerprint density at radius 1 is 1.35 bits per heavy atom. The Balaban J connectivity index is 1.81. The number of likely N-dealkylation sites (N-methyl/N-ethyl adjacent to an activating group) is 1. The van der Waals surface area contributed by atoms with E-state index in [0.29, 0.717) is 0 Å². The van der Waals surface area contributed by atoms with E-state index in [-0.39, 0.29) is 6.04 Å². The van der Waals surface area contributed by atoms with Crippen LogP contribution in [0.25, 0.3) is 0 Å². The van der Waals surface area contributed by atoms with Gasteiger partial charge in [-0.2, -0.15) is 0 Å². The molecule has 3 nitrogen and oxygen atoms in total. The van der Waals surface area contributed by atoms with Gasteiger partial charge in [0.1, 0.15) is 0 Å². The van der Waals surface area contributed by atoms with Gasteiger partial charge in [-0.3, -0.25) is 0 Å².